The summed E-state index contributed by atoms with van der Waals surface area (Å²) in [5.41, 5.74) is 0.148. The van der Waals surface area contributed by atoms with E-state index in [2.05, 4.69) is 0 Å². The molecule has 0 radical (unpaired) electrons. The third kappa shape index (κ3) is 3.02. The standard InChI is InChI=1S/C14H12O5/c15-8-11-7-12(17)14(18)13(19-11)6-3-9-1-4-10(16)5-2-9/h1-7,15-16,18H,8H2. The summed E-state index contributed by atoms with van der Waals surface area (Å²) in [4.78, 5) is 11.4. The predicted octanol–water partition coefficient (Wildman–Crippen LogP) is 1.71. The van der Waals surface area contributed by atoms with Crippen LogP contribution in [-0.2, 0) is 6.61 Å². The number of aromatic hydroxyl groups is 2. The van der Waals surface area contributed by atoms with E-state index in [-0.39, 0.29) is 17.3 Å². The molecule has 0 unspecified atom stereocenters. The van der Waals surface area contributed by atoms with Gasteiger partial charge >= 0.3 is 0 Å². The maximum Gasteiger partial charge on any atom is 0.227 e. The average Bonchev–Trinajstić information content (AvgIpc) is 2.42. The lowest BCUT2D eigenvalue weighted by Crippen LogP contribution is -2.02. The zero-order valence-electron chi connectivity index (χ0n) is 9.91. The van der Waals surface area contributed by atoms with Crippen LogP contribution in [0.15, 0.2) is 39.5 Å². The van der Waals surface area contributed by atoms with Crippen molar-refractivity contribution >= 4 is 12.2 Å². The van der Waals surface area contributed by atoms with E-state index in [0.29, 0.717) is 0 Å². The quantitative estimate of drug-likeness (QED) is 0.781. The molecule has 0 fully saturated rings. The van der Waals surface area contributed by atoms with Crippen LogP contribution in [0.25, 0.3) is 12.2 Å². The monoisotopic (exact) mass is 260 g/mol. The molecule has 98 valence electrons. The first-order valence-corrected chi connectivity index (χ1v) is 5.54. The van der Waals surface area contributed by atoms with Gasteiger partial charge in [0.25, 0.3) is 0 Å². The molecule has 1 heterocycles. The first-order chi connectivity index (χ1) is 9.10. The molecule has 0 saturated heterocycles. The van der Waals surface area contributed by atoms with Gasteiger partial charge in [-0.1, -0.05) is 18.2 Å². The Balaban J connectivity index is 2.35. The maximum absolute atomic E-state index is 11.4. The lowest BCUT2D eigenvalue weighted by atomic mass is 10.2. The minimum absolute atomic E-state index is 0.0235. The largest absolute Gasteiger partial charge is 0.508 e. The van der Waals surface area contributed by atoms with Crippen LogP contribution in [0.1, 0.15) is 17.1 Å². The number of aliphatic hydroxyl groups is 1. The molecule has 0 spiro atoms. The van der Waals surface area contributed by atoms with Crippen molar-refractivity contribution in [3.8, 4) is 11.5 Å². The SMILES string of the molecule is O=c1cc(CO)oc(C=Cc2ccc(O)cc2)c1O. The Morgan fingerprint density at radius 3 is 2.42 bits per heavy atom. The van der Waals surface area contributed by atoms with E-state index in [0.717, 1.165) is 11.6 Å². The second kappa shape index (κ2) is 5.41. The highest BCUT2D eigenvalue weighted by atomic mass is 16.4. The van der Waals surface area contributed by atoms with Gasteiger partial charge in [-0.2, -0.15) is 0 Å². The van der Waals surface area contributed by atoms with Crippen molar-refractivity contribution in [1.82, 2.24) is 0 Å². The fraction of sp³-hybridized carbons (Fsp3) is 0.0714. The Bertz CT molecular complexity index is 653. The zero-order chi connectivity index (χ0) is 13.8. The molecule has 0 bridgehead atoms. The van der Waals surface area contributed by atoms with Crippen LogP contribution in [0, 0.1) is 0 Å². The molecule has 19 heavy (non-hydrogen) atoms. The molecule has 3 N–H and O–H groups in total. The summed E-state index contributed by atoms with van der Waals surface area (Å²) in [6.45, 7) is -0.421. The van der Waals surface area contributed by atoms with E-state index < -0.39 is 17.8 Å². The molecule has 1 aromatic carbocycles. The van der Waals surface area contributed by atoms with Gasteiger partial charge in [0.15, 0.2) is 5.76 Å². The van der Waals surface area contributed by atoms with Gasteiger partial charge in [0.2, 0.25) is 11.2 Å². The van der Waals surface area contributed by atoms with Crippen molar-refractivity contribution in [2.75, 3.05) is 0 Å². The molecule has 0 aliphatic heterocycles. The molecular formula is C14H12O5. The molecule has 2 rings (SSSR count). The van der Waals surface area contributed by atoms with Crippen LogP contribution < -0.4 is 5.43 Å². The van der Waals surface area contributed by atoms with Gasteiger partial charge in [-0.3, -0.25) is 4.79 Å². The average molecular weight is 260 g/mol. The number of rotatable bonds is 3. The minimum Gasteiger partial charge on any atom is -0.508 e. The predicted molar refractivity (Wildman–Crippen MR) is 69.6 cm³/mol. The third-order valence-electron chi connectivity index (χ3n) is 2.48. The number of benzene rings is 1. The van der Waals surface area contributed by atoms with Crippen molar-refractivity contribution in [1.29, 1.82) is 0 Å². The van der Waals surface area contributed by atoms with Gasteiger partial charge in [0.05, 0.1) is 0 Å². The topological polar surface area (TPSA) is 90.9 Å². The Kier molecular flexibility index (Phi) is 3.68. The van der Waals surface area contributed by atoms with Gasteiger partial charge in [-0.15, -0.1) is 0 Å². The molecule has 0 aliphatic carbocycles. The van der Waals surface area contributed by atoms with Gasteiger partial charge in [-0.25, -0.2) is 0 Å². The summed E-state index contributed by atoms with van der Waals surface area (Å²) in [6, 6.07) is 7.39. The van der Waals surface area contributed by atoms with Crippen molar-refractivity contribution in [3.63, 3.8) is 0 Å². The van der Waals surface area contributed by atoms with Crippen LogP contribution in [0.2, 0.25) is 0 Å². The minimum atomic E-state index is -0.611. The van der Waals surface area contributed by atoms with Gasteiger partial charge in [-0.05, 0) is 23.8 Å². The van der Waals surface area contributed by atoms with E-state index in [1.165, 1.54) is 18.2 Å². The highest BCUT2D eigenvalue weighted by Crippen LogP contribution is 2.18. The van der Waals surface area contributed by atoms with Crippen LogP contribution in [0.3, 0.4) is 0 Å². The molecule has 0 saturated carbocycles. The van der Waals surface area contributed by atoms with Crippen LogP contribution in [0.5, 0.6) is 11.5 Å². The smallest absolute Gasteiger partial charge is 0.227 e. The van der Waals surface area contributed by atoms with Crippen LogP contribution in [0.4, 0.5) is 0 Å². The van der Waals surface area contributed by atoms with E-state index in [1.807, 2.05) is 0 Å². The van der Waals surface area contributed by atoms with Crippen molar-refractivity contribution < 1.29 is 19.7 Å². The number of aliphatic hydroxyl groups excluding tert-OH is 1. The van der Waals surface area contributed by atoms with Gasteiger partial charge in [0.1, 0.15) is 18.1 Å². The molecule has 1 aromatic heterocycles. The highest BCUT2D eigenvalue weighted by molar-refractivity contribution is 5.69. The molecule has 5 nitrogen and oxygen atoms in total. The second-order valence-corrected chi connectivity index (χ2v) is 3.87. The summed E-state index contributed by atoms with van der Waals surface area (Å²) in [7, 11) is 0. The first-order valence-electron chi connectivity index (χ1n) is 5.54. The molecule has 0 amide bonds. The van der Waals surface area contributed by atoms with E-state index in [1.54, 1.807) is 18.2 Å². The number of hydrogen-bond donors (Lipinski definition) is 3. The van der Waals surface area contributed by atoms with E-state index in [4.69, 9.17) is 14.6 Å². The van der Waals surface area contributed by atoms with E-state index in [9.17, 15) is 9.90 Å². The van der Waals surface area contributed by atoms with Crippen molar-refractivity contribution in [2.24, 2.45) is 0 Å². The lowest BCUT2D eigenvalue weighted by Gasteiger charge is -2.01. The van der Waals surface area contributed by atoms with Crippen molar-refractivity contribution in [2.45, 2.75) is 6.61 Å². The fourth-order valence-electron chi connectivity index (χ4n) is 1.50. The van der Waals surface area contributed by atoms with Crippen LogP contribution >= 0.6 is 0 Å². The normalized spacial score (nSPS) is 11.0. The Morgan fingerprint density at radius 2 is 1.79 bits per heavy atom. The molecule has 5 heteroatoms. The van der Waals surface area contributed by atoms with Gasteiger partial charge in [0, 0.05) is 6.07 Å². The first kappa shape index (κ1) is 12.9. The fourth-order valence-corrected chi connectivity index (χ4v) is 1.50. The summed E-state index contributed by atoms with van der Waals surface area (Å²) in [6.07, 6.45) is 3.03. The van der Waals surface area contributed by atoms with Gasteiger partial charge < -0.3 is 19.7 Å². The Labute approximate surface area is 108 Å². The summed E-state index contributed by atoms with van der Waals surface area (Å²) in [5.74, 6) is -0.307. The summed E-state index contributed by atoms with van der Waals surface area (Å²) in [5, 5.41) is 27.6. The zero-order valence-corrected chi connectivity index (χ0v) is 9.91. The molecule has 0 atom stereocenters. The second-order valence-electron chi connectivity index (χ2n) is 3.87. The summed E-state index contributed by atoms with van der Waals surface area (Å²) < 4.78 is 5.15. The third-order valence-corrected chi connectivity index (χ3v) is 2.48. The molecule has 0 aliphatic rings. The maximum atomic E-state index is 11.4. The number of hydrogen-bond acceptors (Lipinski definition) is 5. The number of phenols is 1. The number of phenolic OH excluding ortho intramolecular Hbond substituents is 1. The molecule has 2 aromatic rings. The Morgan fingerprint density at radius 1 is 1.11 bits per heavy atom. The lowest BCUT2D eigenvalue weighted by molar-refractivity contribution is 0.240. The van der Waals surface area contributed by atoms with Crippen molar-refractivity contribution in [3.05, 3.63) is 57.6 Å². The highest BCUT2D eigenvalue weighted by Gasteiger charge is 2.07. The summed E-state index contributed by atoms with van der Waals surface area (Å²) >= 11 is 0. The van der Waals surface area contributed by atoms with Crippen LogP contribution in [-0.4, -0.2) is 15.3 Å². The Hall–Kier alpha value is -2.53. The molecular weight excluding hydrogens is 248 g/mol. The van der Waals surface area contributed by atoms with E-state index >= 15 is 0 Å².